The quantitative estimate of drug-likeness (QED) is 0.843. The summed E-state index contributed by atoms with van der Waals surface area (Å²) < 4.78 is 54.4. The molecule has 10 heteroatoms. The molecule has 0 saturated carbocycles. The van der Waals surface area contributed by atoms with Crippen molar-refractivity contribution in [3.63, 3.8) is 0 Å². The first-order chi connectivity index (χ1) is 11.7. The van der Waals surface area contributed by atoms with Gasteiger partial charge in [0.05, 0.1) is 0 Å². The summed E-state index contributed by atoms with van der Waals surface area (Å²) in [6, 6.07) is 2.44. The molecule has 0 radical (unpaired) electrons. The van der Waals surface area contributed by atoms with Crippen molar-refractivity contribution < 1.29 is 22.0 Å². The van der Waals surface area contributed by atoms with Crippen molar-refractivity contribution in [2.24, 2.45) is 7.05 Å². The summed E-state index contributed by atoms with van der Waals surface area (Å²) in [7, 11) is -2.46. The van der Waals surface area contributed by atoms with Gasteiger partial charge in [-0.2, -0.15) is 5.10 Å². The highest BCUT2D eigenvalue weighted by Crippen LogP contribution is 2.24. The van der Waals surface area contributed by atoms with Crippen LogP contribution in [-0.4, -0.2) is 30.1 Å². The molecule has 0 spiro atoms. The van der Waals surface area contributed by atoms with Crippen molar-refractivity contribution in [2.45, 2.75) is 18.0 Å². The molecule has 1 atom stereocenters. The Labute approximate surface area is 142 Å². The summed E-state index contributed by atoms with van der Waals surface area (Å²) >= 11 is 0. The van der Waals surface area contributed by atoms with Crippen LogP contribution in [0.2, 0.25) is 0 Å². The van der Waals surface area contributed by atoms with E-state index in [1.54, 1.807) is 13.0 Å². The van der Waals surface area contributed by atoms with Crippen LogP contribution in [0.25, 0.3) is 6.08 Å². The van der Waals surface area contributed by atoms with Gasteiger partial charge in [0, 0.05) is 30.4 Å². The largest absolute Gasteiger partial charge is 0.321 e. The van der Waals surface area contributed by atoms with Gasteiger partial charge in [0.25, 0.3) is 15.9 Å². The van der Waals surface area contributed by atoms with E-state index >= 15 is 0 Å². The molecular formula is C15H14F2N4O3S. The van der Waals surface area contributed by atoms with Crippen LogP contribution >= 0.6 is 0 Å². The van der Waals surface area contributed by atoms with Crippen molar-refractivity contribution in [2.75, 3.05) is 5.32 Å². The molecule has 132 valence electrons. The first-order valence-electron chi connectivity index (χ1n) is 7.23. The Bertz CT molecular complexity index is 998. The molecule has 2 aromatic rings. The van der Waals surface area contributed by atoms with E-state index < -0.39 is 33.6 Å². The molecule has 3 rings (SSSR count). The molecule has 1 aliphatic rings. The number of fused-ring (bicyclic) bond motifs is 1. The number of nitrogens with one attached hydrogen (secondary N) is 2. The fourth-order valence-electron chi connectivity index (χ4n) is 2.48. The van der Waals surface area contributed by atoms with Gasteiger partial charge in [0.15, 0.2) is 16.7 Å². The molecule has 1 aromatic heterocycles. The van der Waals surface area contributed by atoms with Gasteiger partial charge in [-0.25, -0.2) is 21.9 Å². The highest BCUT2D eigenvalue weighted by atomic mass is 32.2. The number of benzene rings is 1. The lowest BCUT2D eigenvalue weighted by molar-refractivity contribution is 0.101. The number of sulfonamides is 1. The molecule has 1 amide bonds. The van der Waals surface area contributed by atoms with Gasteiger partial charge in [-0.15, -0.1) is 0 Å². The summed E-state index contributed by atoms with van der Waals surface area (Å²) in [4.78, 5) is 12.5. The summed E-state index contributed by atoms with van der Waals surface area (Å²) in [5.41, 5.74) is 0.140. The Hall–Kier alpha value is -2.59. The van der Waals surface area contributed by atoms with Crippen molar-refractivity contribution in [1.82, 2.24) is 14.5 Å². The standard InChI is InChI=1S/C15H14F2N4O3S/c1-8-3-5-10-13(21(2)19-15(10)25(23,24)20-8)14(22)18-9-4-6-11(16)12(17)7-9/h3-8,20H,1-2H3,(H,18,22). The Kier molecular flexibility index (Phi) is 4.17. The molecule has 0 fully saturated rings. The van der Waals surface area contributed by atoms with Crippen LogP contribution in [0.15, 0.2) is 29.3 Å². The first-order valence-corrected chi connectivity index (χ1v) is 8.71. The van der Waals surface area contributed by atoms with Gasteiger partial charge in [-0.3, -0.25) is 9.48 Å². The zero-order valence-corrected chi connectivity index (χ0v) is 14.1. The second kappa shape index (κ2) is 6.05. The summed E-state index contributed by atoms with van der Waals surface area (Å²) in [6.45, 7) is 1.64. The van der Waals surface area contributed by atoms with Gasteiger partial charge >= 0.3 is 0 Å². The predicted molar refractivity (Wildman–Crippen MR) is 86.3 cm³/mol. The van der Waals surface area contributed by atoms with E-state index in [0.717, 1.165) is 16.8 Å². The number of hydrogen-bond acceptors (Lipinski definition) is 4. The Morgan fingerprint density at radius 2 is 2.04 bits per heavy atom. The van der Waals surface area contributed by atoms with E-state index in [-0.39, 0.29) is 22.0 Å². The molecular weight excluding hydrogens is 354 g/mol. The van der Waals surface area contributed by atoms with E-state index in [1.165, 1.54) is 19.2 Å². The lowest BCUT2D eigenvalue weighted by atomic mass is 10.2. The van der Waals surface area contributed by atoms with Crippen LogP contribution in [0.1, 0.15) is 23.0 Å². The SMILES string of the molecule is CC1C=Cc2c(nn(C)c2C(=O)Nc2ccc(F)c(F)c2)S(=O)(=O)N1. The second-order valence-corrected chi connectivity index (χ2v) is 7.17. The topological polar surface area (TPSA) is 93.1 Å². The summed E-state index contributed by atoms with van der Waals surface area (Å²) in [6.07, 6.45) is 3.07. The van der Waals surface area contributed by atoms with E-state index in [0.29, 0.717) is 0 Å². The number of halogens is 2. The van der Waals surface area contributed by atoms with E-state index in [2.05, 4.69) is 15.1 Å². The number of aryl methyl sites for hydroxylation is 1. The molecule has 1 aromatic carbocycles. The molecule has 0 bridgehead atoms. The minimum Gasteiger partial charge on any atom is -0.321 e. The van der Waals surface area contributed by atoms with Crippen molar-refractivity contribution in [3.05, 3.63) is 47.2 Å². The smallest absolute Gasteiger partial charge is 0.274 e. The number of carbonyl (C=O) groups excluding carboxylic acids is 1. The molecule has 0 aliphatic carbocycles. The fourth-order valence-corrected chi connectivity index (χ4v) is 3.84. The number of carbonyl (C=O) groups is 1. The van der Waals surface area contributed by atoms with Crippen molar-refractivity contribution >= 4 is 27.7 Å². The maximum absolute atomic E-state index is 13.3. The number of amides is 1. The Morgan fingerprint density at radius 1 is 1.32 bits per heavy atom. The lowest BCUT2D eigenvalue weighted by Gasteiger charge is -2.07. The average Bonchev–Trinajstić information content (AvgIpc) is 2.81. The number of aromatic nitrogens is 2. The third-order valence-electron chi connectivity index (χ3n) is 3.59. The minimum atomic E-state index is -3.88. The van der Waals surface area contributed by atoms with Crippen LogP contribution in [0.5, 0.6) is 0 Å². The number of nitrogens with zero attached hydrogens (tertiary/aromatic N) is 2. The van der Waals surface area contributed by atoms with Crippen LogP contribution in [0.3, 0.4) is 0 Å². The second-order valence-electron chi connectivity index (χ2n) is 5.54. The minimum absolute atomic E-state index is 0.0181. The molecule has 1 aliphatic heterocycles. The molecule has 0 saturated heterocycles. The van der Waals surface area contributed by atoms with Crippen LogP contribution in [0, 0.1) is 11.6 Å². The highest BCUT2D eigenvalue weighted by molar-refractivity contribution is 7.89. The summed E-state index contributed by atoms with van der Waals surface area (Å²) in [5, 5.41) is 6.05. The third kappa shape index (κ3) is 3.17. The first kappa shape index (κ1) is 17.2. The van der Waals surface area contributed by atoms with Gasteiger partial charge in [-0.05, 0) is 19.1 Å². The average molecular weight is 368 g/mol. The van der Waals surface area contributed by atoms with Gasteiger partial charge in [0.2, 0.25) is 0 Å². The fraction of sp³-hybridized carbons (Fsp3) is 0.200. The maximum Gasteiger partial charge on any atom is 0.274 e. The normalized spacial score (nSPS) is 18.5. The van der Waals surface area contributed by atoms with Crippen LogP contribution in [0.4, 0.5) is 14.5 Å². The molecule has 2 N–H and O–H groups in total. The molecule has 1 unspecified atom stereocenters. The lowest BCUT2D eigenvalue weighted by Crippen LogP contribution is -2.30. The Balaban J connectivity index is 2.03. The zero-order chi connectivity index (χ0) is 18.4. The van der Waals surface area contributed by atoms with E-state index in [9.17, 15) is 22.0 Å². The molecule has 25 heavy (non-hydrogen) atoms. The van der Waals surface area contributed by atoms with E-state index in [4.69, 9.17) is 0 Å². The summed E-state index contributed by atoms with van der Waals surface area (Å²) in [5.74, 6) is -2.85. The van der Waals surface area contributed by atoms with Crippen LogP contribution in [-0.2, 0) is 17.1 Å². The molecule has 2 heterocycles. The maximum atomic E-state index is 13.3. The number of rotatable bonds is 2. The van der Waals surface area contributed by atoms with Gasteiger partial charge < -0.3 is 5.32 Å². The van der Waals surface area contributed by atoms with Crippen molar-refractivity contribution in [1.29, 1.82) is 0 Å². The highest BCUT2D eigenvalue weighted by Gasteiger charge is 2.31. The van der Waals surface area contributed by atoms with Crippen LogP contribution < -0.4 is 10.0 Å². The molecule has 7 nitrogen and oxygen atoms in total. The van der Waals surface area contributed by atoms with Gasteiger partial charge in [-0.1, -0.05) is 12.2 Å². The van der Waals surface area contributed by atoms with Gasteiger partial charge in [0.1, 0.15) is 5.69 Å². The monoisotopic (exact) mass is 368 g/mol. The zero-order valence-electron chi connectivity index (χ0n) is 13.2. The third-order valence-corrected chi connectivity index (χ3v) is 5.08. The number of anilines is 1. The Morgan fingerprint density at radius 3 is 2.72 bits per heavy atom. The predicted octanol–water partition coefficient (Wildman–Crippen LogP) is 1.64. The van der Waals surface area contributed by atoms with Crippen molar-refractivity contribution in [3.8, 4) is 0 Å². The van der Waals surface area contributed by atoms with E-state index in [1.807, 2.05) is 0 Å². The number of hydrogen-bond donors (Lipinski definition) is 2.